The van der Waals surface area contributed by atoms with Gasteiger partial charge in [-0.25, -0.2) is 0 Å². The third-order valence-electron chi connectivity index (χ3n) is 0.609. The van der Waals surface area contributed by atoms with Crippen molar-refractivity contribution < 1.29 is 0 Å². The second-order valence-corrected chi connectivity index (χ2v) is 1.96. The molecule has 0 aromatic rings. The highest BCUT2D eigenvalue weighted by atomic mass is 32.2. The summed E-state index contributed by atoms with van der Waals surface area (Å²) < 4.78 is 1.86. The molecule has 1 radical (unpaired) electrons. The summed E-state index contributed by atoms with van der Waals surface area (Å²) in [5.41, 5.74) is 2.58. The van der Waals surface area contributed by atoms with Gasteiger partial charge in [0.05, 0.1) is 0 Å². The fourth-order valence-corrected chi connectivity index (χ4v) is 0.916. The van der Waals surface area contributed by atoms with Crippen molar-refractivity contribution in [1.82, 2.24) is 4.31 Å². The summed E-state index contributed by atoms with van der Waals surface area (Å²) in [5.74, 6) is 0. The summed E-state index contributed by atoms with van der Waals surface area (Å²) in [6, 6.07) is 0. The number of hydrogen-bond donors (Lipinski definition) is 0. The summed E-state index contributed by atoms with van der Waals surface area (Å²) in [7, 11) is 0. The topological polar surface area (TPSA) is 3.24 Å². The van der Waals surface area contributed by atoms with Crippen LogP contribution in [0.3, 0.4) is 0 Å². The monoisotopic (exact) mass is 134 g/mol. The predicted molar refractivity (Wildman–Crippen MR) is 38.5 cm³/mol. The van der Waals surface area contributed by atoms with E-state index in [0.29, 0.717) is 0 Å². The fraction of sp³-hybridized carbons (Fsp3) is 0.750. The molecular weight excluding hydrogens is 126 g/mol. The van der Waals surface area contributed by atoms with E-state index in [-0.39, 0.29) is 0 Å². The highest BCUT2D eigenvalue weighted by molar-refractivity contribution is 7.97. The minimum absolute atomic E-state index is 0.935. The first-order valence-corrected chi connectivity index (χ1v) is 3.63. The predicted octanol–water partition coefficient (Wildman–Crippen LogP) is 1.42. The van der Waals surface area contributed by atoms with Gasteiger partial charge in [-0.05, 0) is 6.92 Å². The first-order chi connectivity index (χ1) is 3.35. The summed E-state index contributed by atoms with van der Waals surface area (Å²) in [6.45, 7) is 2.97. The zero-order chi connectivity index (χ0) is 5.70. The molecule has 0 rings (SSSR count). The van der Waals surface area contributed by atoms with Crippen molar-refractivity contribution in [2.45, 2.75) is 6.92 Å². The van der Waals surface area contributed by atoms with Gasteiger partial charge in [0.1, 0.15) is 5.49 Å². The van der Waals surface area contributed by atoms with Gasteiger partial charge in [-0.3, -0.25) is 0 Å². The Morgan fingerprint density at radius 1 is 1.86 bits per heavy atom. The lowest BCUT2D eigenvalue weighted by molar-refractivity contribution is 0.747. The maximum Gasteiger partial charge on any atom is 0.147 e. The van der Waals surface area contributed by atoms with E-state index in [0.717, 1.165) is 6.54 Å². The molecule has 0 atom stereocenters. The number of nitrogens with zero attached hydrogens (tertiary/aromatic N) is 1. The molecule has 0 aliphatic heterocycles. The van der Waals surface area contributed by atoms with Gasteiger partial charge in [0, 0.05) is 12.8 Å². The minimum atomic E-state index is 0.935. The van der Waals surface area contributed by atoms with Crippen LogP contribution in [0.4, 0.5) is 0 Å². The molecule has 0 aromatic carbocycles. The summed E-state index contributed by atoms with van der Waals surface area (Å²) in [4.78, 5) is 0. The Labute approximate surface area is 54.2 Å². The van der Waals surface area contributed by atoms with Gasteiger partial charge in [-0.1, -0.05) is 24.2 Å². The van der Waals surface area contributed by atoms with Crippen LogP contribution in [0.15, 0.2) is 0 Å². The normalized spacial score (nSPS) is 8.29. The largest absolute Gasteiger partial charge is 0.305 e. The van der Waals surface area contributed by atoms with Crippen molar-refractivity contribution in [3.8, 4) is 0 Å². The van der Waals surface area contributed by atoms with Gasteiger partial charge in [-0.2, -0.15) is 0 Å². The number of thiocarbonyl (C=S) groups is 1. The molecule has 1 nitrogen and oxygen atoms in total. The van der Waals surface area contributed by atoms with E-state index in [1.807, 2.05) is 17.5 Å². The Morgan fingerprint density at radius 3 is 2.43 bits per heavy atom. The Balaban J connectivity index is 3.16. The molecule has 0 heterocycles. The zero-order valence-electron chi connectivity index (χ0n) is 4.47. The van der Waals surface area contributed by atoms with Crippen molar-refractivity contribution >= 4 is 29.7 Å². The molecule has 0 amide bonds. The highest BCUT2D eigenvalue weighted by Gasteiger charge is 1.87. The van der Waals surface area contributed by atoms with Crippen LogP contribution >= 0.6 is 24.2 Å². The Kier molecular flexibility index (Phi) is 4.55. The van der Waals surface area contributed by atoms with Crippen molar-refractivity contribution in [1.29, 1.82) is 0 Å². The van der Waals surface area contributed by atoms with E-state index in [4.69, 9.17) is 0 Å². The van der Waals surface area contributed by atoms with E-state index in [1.165, 1.54) is 0 Å². The third-order valence-corrected chi connectivity index (χ3v) is 1.74. The molecule has 41 valence electrons. The molecule has 0 N–H and O–H groups in total. The average Bonchev–Trinajstić information content (AvgIpc) is 1.72. The Hall–Kier alpha value is 0.240. The van der Waals surface area contributed by atoms with E-state index in [1.54, 1.807) is 11.9 Å². The van der Waals surface area contributed by atoms with Gasteiger partial charge in [-0.15, -0.1) is 0 Å². The van der Waals surface area contributed by atoms with Gasteiger partial charge < -0.3 is 4.31 Å². The lowest BCUT2D eigenvalue weighted by atomic mass is 10.8. The molecule has 0 aromatic heterocycles. The van der Waals surface area contributed by atoms with Crippen molar-refractivity contribution in [2.24, 2.45) is 0 Å². The summed E-state index contributed by atoms with van der Waals surface area (Å²) >= 11 is 6.11. The van der Waals surface area contributed by atoms with Crippen LogP contribution in [0, 0.1) is 0 Å². The Bertz CT molecular complexity index is 51.7. The van der Waals surface area contributed by atoms with E-state index in [2.05, 4.69) is 17.7 Å². The minimum Gasteiger partial charge on any atom is -0.305 e. The summed E-state index contributed by atoms with van der Waals surface area (Å²) in [5, 5.41) is 0. The van der Waals surface area contributed by atoms with Crippen molar-refractivity contribution in [3.63, 3.8) is 0 Å². The lowest BCUT2D eigenvalue weighted by Gasteiger charge is -2.08. The van der Waals surface area contributed by atoms with Crippen LogP contribution in [-0.2, 0) is 0 Å². The number of rotatable bonds is 3. The summed E-state index contributed by atoms with van der Waals surface area (Å²) in [6.07, 6.45) is 1.98. The van der Waals surface area contributed by atoms with E-state index < -0.39 is 0 Å². The molecule has 3 heteroatoms. The molecule has 0 bridgehead atoms. The molecule has 0 aliphatic rings. The van der Waals surface area contributed by atoms with Gasteiger partial charge in [0.2, 0.25) is 0 Å². The van der Waals surface area contributed by atoms with Gasteiger partial charge >= 0.3 is 0 Å². The first-order valence-electron chi connectivity index (χ1n) is 2.04. The molecule has 7 heavy (non-hydrogen) atoms. The molecule has 0 aliphatic carbocycles. The molecule has 0 saturated heterocycles. The van der Waals surface area contributed by atoms with Gasteiger partial charge in [0.25, 0.3) is 0 Å². The molecule has 0 saturated carbocycles. The zero-order valence-corrected chi connectivity index (χ0v) is 6.10. The SMILES string of the molecule is CCN([C]=S)SC. The van der Waals surface area contributed by atoms with Crippen LogP contribution in [0.5, 0.6) is 0 Å². The van der Waals surface area contributed by atoms with Crippen LogP contribution in [0.1, 0.15) is 6.92 Å². The van der Waals surface area contributed by atoms with E-state index in [9.17, 15) is 0 Å². The standard InChI is InChI=1S/C4H8NS2/c1-3-5(4-6)7-2/h3H2,1-2H3. The van der Waals surface area contributed by atoms with Crippen LogP contribution in [-0.4, -0.2) is 22.6 Å². The maximum absolute atomic E-state index is 4.53. The lowest BCUT2D eigenvalue weighted by Crippen LogP contribution is -2.08. The second kappa shape index (κ2) is 4.40. The quantitative estimate of drug-likeness (QED) is 0.326. The fourth-order valence-electron chi connectivity index (χ4n) is 0.231. The number of hydrogen-bond acceptors (Lipinski definition) is 2. The van der Waals surface area contributed by atoms with Crippen LogP contribution < -0.4 is 0 Å². The van der Waals surface area contributed by atoms with E-state index >= 15 is 0 Å². The van der Waals surface area contributed by atoms with Gasteiger partial charge in [0.15, 0.2) is 0 Å². The first kappa shape index (κ1) is 7.24. The van der Waals surface area contributed by atoms with Crippen LogP contribution in [0.2, 0.25) is 0 Å². The van der Waals surface area contributed by atoms with Crippen LogP contribution in [0.25, 0.3) is 0 Å². The van der Waals surface area contributed by atoms with Crippen molar-refractivity contribution in [2.75, 3.05) is 12.8 Å². The second-order valence-electron chi connectivity index (χ2n) is 0.969. The molecule has 0 spiro atoms. The molecular formula is C4H8NS2. The highest BCUT2D eigenvalue weighted by Crippen LogP contribution is 1.98. The van der Waals surface area contributed by atoms with Crippen molar-refractivity contribution in [3.05, 3.63) is 0 Å². The maximum atomic E-state index is 4.53. The molecule has 0 fully saturated rings. The third kappa shape index (κ3) is 2.88. The average molecular weight is 134 g/mol. The Morgan fingerprint density at radius 2 is 2.43 bits per heavy atom. The molecule has 0 unspecified atom stereocenters. The smallest absolute Gasteiger partial charge is 0.147 e.